The van der Waals surface area contributed by atoms with Gasteiger partial charge in [0.2, 0.25) is 0 Å². The van der Waals surface area contributed by atoms with E-state index in [9.17, 15) is 0 Å². The number of amidine groups is 1. The molecule has 3 N–H and O–H groups in total. The first-order valence-corrected chi connectivity index (χ1v) is 5.22. The minimum absolute atomic E-state index is 0.167. The van der Waals surface area contributed by atoms with Gasteiger partial charge >= 0.3 is 0 Å². The van der Waals surface area contributed by atoms with E-state index in [2.05, 4.69) is 21.2 Å². The van der Waals surface area contributed by atoms with Crippen molar-refractivity contribution in [2.24, 2.45) is 5.73 Å². The molecule has 1 atom stereocenters. The first-order valence-electron chi connectivity index (χ1n) is 1.79. The molecule has 0 bridgehead atoms. The highest BCUT2D eigenvalue weighted by atomic mass is 127. The van der Waals surface area contributed by atoms with E-state index < -0.39 is 0 Å². The molecule has 0 saturated carbocycles. The van der Waals surface area contributed by atoms with Crippen LogP contribution in [0.3, 0.4) is 0 Å². The summed E-state index contributed by atoms with van der Waals surface area (Å²) in [5.74, 6) is 0.249. The third-order valence-electron chi connectivity index (χ3n) is 0.572. The largest absolute Gasteiger partial charge is 0.387 e. The Labute approximate surface area is 59.3 Å². The van der Waals surface area contributed by atoms with E-state index in [-0.39, 0.29) is 11.1 Å². The summed E-state index contributed by atoms with van der Waals surface area (Å²) >= 11 is 2.12. The molecule has 0 amide bonds. The van der Waals surface area contributed by atoms with Crippen LogP contribution in [-0.2, 0) is 0 Å². The van der Waals surface area contributed by atoms with Crippen LogP contribution in [-0.4, -0.2) is 11.1 Å². The van der Waals surface area contributed by atoms with Gasteiger partial charge in [-0.25, -0.2) is 0 Å². The predicted octanol–water partition coefficient (Wildman–Crippen LogP) is 1.39. The summed E-state index contributed by atoms with van der Waals surface area (Å²) in [5, 5.41) is 7.02. The van der Waals surface area contributed by atoms with E-state index in [4.69, 9.17) is 11.1 Å². The third-order valence-corrected chi connectivity index (χ3v) is 3.38. The molecule has 0 aliphatic heterocycles. The lowest BCUT2D eigenvalue weighted by Crippen LogP contribution is -2.20. The number of halogens is 1. The average molecular weight is 230 g/mol. The molecule has 4 heteroatoms. The second-order valence-corrected chi connectivity index (χ2v) is 3.60. The zero-order chi connectivity index (χ0) is 5.86. The standard InChI is InChI=1S/C3H7IN2S/c1-2(7-4)3(5)6/h2H,1H3,(H3,5,6). The van der Waals surface area contributed by atoms with Crippen molar-refractivity contribution in [3.63, 3.8) is 0 Å². The molecule has 0 aliphatic carbocycles. The summed E-state index contributed by atoms with van der Waals surface area (Å²) in [6.45, 7) is 1.90. The SMILES string of the molecule is CC(SI)C(=N)N. The van der Waals surface area contributed by atoms with Crippen LogP contribution in [0, 0.1) is 5.41 Å². The topological polar surface area (TPSA) is 49.9 Å². The molecular formula is C3H7IN2S. The van der Waals surface area contributed by atoms with Crippen LogP contribution in [0.25, 0.3) is 0 Å². The minimum atomic E-state index is 0.167. The Balaban J connectivity index is 3.34. The molecule has 0 spiro atoms. The number of hydrogen-bond donors (Lipinski definition) is 2. The van der Waals surface area contributed by atoms with Gasteiger partial charge in [0.1, 0.15) is 5.84 Å². The molecular weight excluding hydrogens is 223 g/mol. The minimum Gasteiger partial charge on any atom is -0.387 e. The van der Waals surface area contributed by atoms with Gasteiger partial charge in [0, 0.05) is 0 Å². The summed E-state index contributed by atoms with van der Waals surface area (Å²) in [4.78, 5) is 0. The fourth-order valence-electron chi connectivity index (χ4n) is 0.0480. The predicted molar refractivity (Wildman–Crippen MR) is 43.0 cm³/mol. The number of rotatable bonds is 2. The van der Waals surface area contributed by atoms with Gasteiger partial charge in [-0.15, -0.1) is 0 Å². The fraction of sp³-hybridized carbons (Fsp3) is 0.667. The van der Waals surface area contributed by atoms with Crippen LogP contribution in [0.15, 0.2) is 0 Å². The molecule has 0 heterocycles. The normalized spacial score (nSPS) is 13.4. The Morgan fingerprint density at radius 1 is 2.00 bits per heavy atom. The summed E-state index contributed by atoms with van der Waals surface area (Å²) in [7, 11) is 1.55. The summed E-state index contributed by atoms with van der Waals surface area (Å²) in [5.41, 5.74) is 5.10. The molecule has 0 rings (SSSR count). The monoisotopic (exact) mass is 230 g/mol. The second-order valence-electron chi connectivity index (χ2n) is 1.19. The molecule has 0 aromatic rings. The molecule has 0 aromatic carbocycles. The highest BCUT2D eigenvalue weighted by molar-refractivity contribution is 14.2. The maximum Gasteiger partial charge on any atom is 0.104 e. The maximum absolute atomic E-state index is 6.85. The van der Waals surface area contributed by atoms with Crippen molar-refractivity contribution in [2.75, 3.05) is 0 Å². The molecule has 2 nitrogen and oxygen atoms in total. The van der Waals surface area contributed by atoms with Gasteiger partial charge in [-0.1, -0.05) is 8.93 Å². The van der Waals surface area contributed by atoms with Crippen molar-refractivity contribution < 1.29 is 0 Å². The molecule has 0 saturated heterocycles. The van der Waals surface area contributed by atoms with Crippen molar-refractivity contribution >= 4 is 36.0 Å². The van der Waals surface area contributed by atoms with Gasteiger partial charge < -0.3 is 5.73 Å². The Morgan fingerprint density at radius 3 is 2.43 bits per heavy atom. The van der Waals surface area contributed by atoms with E-state index in [0.29, 0.717) is 0 Å². The van der Waals surface area contributed by atoms with Gasteiger partial charge in [0.25, 0.3) is 0 Å². The fourth-order valence-corrected chi connectivity index (χ4v) is 0.966. The Morgan fingerprint density at radius 2 is 2.43 bits per heavy atom. The lowest BCUT2D eigenvalue weighted by atomic mass is 10.4. The lowest BCUT2D eigenvalue weighted by Gasteiger charge is -1.99. The van der Waals surface area contributed by atoms with Crippen LogP contribution < -0.4 is 5.73 Å². The maximum atomic E-state index is 6.85. The van der Waals surface area contributed by atoms with Gasteiger partial charge in [-0.05, 0) is 28.1 Å². The summed E-state index contributed by atoms with van der Waals surface area (Å²) in [6, 6.07) is 0. The van der Waals surface area contributed by atoms with Gasteiger partial charge in [0.05, 0.1) is 5.25 Å². The van der Waals surface area contributed by atoms with Crippen LogP contribution in [0.5, 0.6) is 0 Å². The van der Waals surface area contributed by atoms with Crippen LogP contribution in [0.2, 0.25) is 0 Å². The third kappa shape index (κ3) is 3.16. The summed E-state index contributed by atoms with van der Waals surface area (Å²) < 4.78 is 0. The Kier molecular flexibility index (Phi) is 3.82. The highest BCUT2D eigenvalue weighted by Crippen LogP contribution is 2.17. The zero-order valence-electron chi connectivity index (χ0n) is 3.94. The van der Waals surface area contributed by atoms with Crippen molar-refractivity contribution in [1.29, 1.82) is 5.41 Å². The molecule has 0 fully saturated rings. The van der Waals surface area contributed by atoms with Crippen molar-refractivity contribution in [2.45, 2.75) is 12.2 Å². The molecule has 0 aliphatic rings. The van der Waals surface area contributed by atoms with E-state index in [0.717, 1.165) is 0 Å². The Bertz CT molecular complexity index is 75.3. The van der Waals surface area contributed by atoms with Gasteiger partial charge in [-0.2, -0.15) is 0 Å². The van der Waals surface area contributed by atoms with Crippen LogP contribution in [0.1, 0.15) is 6.92 Å². The lowest BCUT2D eigenvalue weighted by molar-refractivity contribution is 1.24. The molecule has 42 valence electrons. The highest BCUT2D eigenvalue weighted by Gasteiger charge is 2.00. The Hall–Kier alpha value is 0.550. The number of nitrogens with two attached hydrogens (primary N) is 1. The molecule has 0 radical (unpaired) electrons. The summed E-state index contributed by atoms with van der Waals surface area (Å²) in [6.07, 6.45) is 0. The quantitative estimate of drug-likeness (QED) is 0.428. The molecule has 1 unspecified atom stereocenters. The first-order chi connectivity index (χ1) is 3.18. The smallest absolute Gasteiger partial charge is 0.104 e. The zero-order valence-corrected chi connectivity index (χ0v) is 6.91. The van der Waals surface area contributed by atoms with E-state index >= 15 is 0 Å². The molecule has 7 heavy (non-hydrogen) atoms. The molecule has 0 aromatic heterocycles. The first kappa shape index (κ1) is 7.55. The van der Waals surface area contributed by atoms with Crippen LogP contribution >= 0.6 is 30.1 Å². The van der Waals surface area contributed by atoms with E-state index in [1.165, 1.54) is 0 Å². The number of nitrogens with one attached hydrogen (secondary N) is 1. The second kappa shape index (κ2) is 3.54. The van der Waals surface area contributed by atoms with E-state index in [1.807, 2.05) is 6.92 Å². The van der Waals surface area contributed by atoms with Crippen LogP contribution in [0.4, 0.5) is 0 Å². The van der Waals surface area contributed by atoms with Crippen molar-refractivity contribution in [1.82, 2.24) is 0 Å². The van der Waals surface area contributed by atoms with Gasteiger partial charge in [0.15, 0.2) is 0 Å². The number of hydrogen-bond acceptors (Lipinski definition) is 2. The van der Waals surface area contributed by atoms with Crippen molar-refractivity contribution in [3.8, 4) is 0 Å². The van der Waals surface area contributed by atoms with Gasteiger partial charge in [-0.3, -0.25) is 5.41 Å². The van der Waals surface area contributed by atoms with Crippen molar-refractivity contribution in [3.05, 3.63) is 0 Å². The average Bonchev–Trinajstić information content (AvgIpc) is 1.65. The van der Waals surface area contributed by atoms with E-state index in [1.54, 1.807) is 8.93 Å².